The Bertz CT molecular complexity index is 1670. The SMILES string of the molecule is C=CC[C@@]1(C)C[C@H](c2cccc(Cl)c2)[C@@H](c2ccc(Cl)cc2)N([C@H](CN(c2cccc(C#N)c2)S(C)(=O)=O)C2CC2)C1=O. The van der Waals surface area contributed by atoms with Crippen LogP contribution in [-0.4, -0.2) is 38.1 Å². The van der Waals surface area contributed by atoms with Gasteiger partial charge in [-0.25, -0.2) is 8.42 Å². The molecule has 1 heterocycles. The zero-order valence-electron chi connectivity index (χ0n) is 24.3. The second kappa shape index (κ2) is 12.4. The van der Waals surface area contributed by atoms with E-state index < -0.39 is 27.5 Å². The monoisotopic (exact) mass is 635 g/mol. The van der Waals surface area contributed by atoms with E-state index in [1.807, 2.05) is 60.4 Å². The lowest BCUT2D eigenvalue weighted by Crippen LogP contribution is -2.59. The van der Waals surface area contributed by atoms with Gasteiger partial charge in [-0.15, -0.1) is 6.58 Å². The van der Waals surface area contributed by atoms with Crippen molar-refractivity contribution in [2.24, 2.45) is 11.3 Å². The number of sulfonamides is 1. The molecule has 2 fully saturated rings. The number of carbonyl (C=O) groups excluding carboxylic acids is 1. The molecule has 4 atom stereocenters. The van der Waals surface area contributed by atoms with Crippen LogP contribution in [0.2, 0.25) is 10.0 Å². The van der Waals surface area contributed by atoms with Crippen molar-refractivity contribution in [1.29, 1.82) is 5.26 Å². The number of amides is 1. The molecule has 0 N–H and O–H groups in total. The van der Waals surface area contributed by atoms with Crippen molar-refractivity contribution in [2.45, 2.75) is 50.6 Å². The number of halogens is 2. The van der Waals surface area contributed by atoms with Gasteiger partial charge in [0.15, 0.2) is 0 Å². The van der Waals surface area contributed by atoms with E-state index in [1.165, 1.54) is 10.6 Å². The van der Waals surface area contributed by atoms with E-state index in [2.05, 4.69) is 12.6 Å². The maximum Gasteiger partial charge on any atom is 0.232 e. The van der Waals surface area contributed by atoms with Crippen LogP contribution in [0.25, 0.3) is 0 Å². The second-order valence-electron chi connectivity index (χ2n) is 12.0. The lowest BCUT2D eigenvalue weighted by atomic mass is 9.67. The number of nitriles is 1. The van der Waals surface area contributed by atoms with Gasteiger partial charge < -0.3 is 4.90 Å². The highest BCUT2D eigenvalue weighted by atomic mass is 35.5. The van der Waals surface area contributed by atoms with Crippen LogP contribution >= 0.6 is 23.2 Å². The minimum absolute atomic E-state index is 0.0262. The number of piperidine rings is 1. The van der Waals surface area contributed by atoms with Crippen LogP contribution < -0.4 is 4.31 Å². The van der Waals surface area contributed by atoms with E-state index in [1.54, 1.807) is 30.3 Å². The average Bonchev–Trinajstić information content (AvgIpc) is 3.81. The predicted octanol–water partition coefficient (Wildman–Crippen LogP) is 7.75. The number of benzene rings is 3. The van der Waals surface area contributed by atoms with E-state index in [0.717, 1.165) is 24.0 Å². The minimum Gasteiger partial charge on any atom is -0.329 e. The minimum atomic E-state index is -3.76. The summed E-state index contributed by atoms with van der Waals surface area (Å²) in [5.41, 5.74) is 1.94. The lowest BCUT2D eigenvalue weighted by Gasteiger charge is -2.52. The molecule has 0 aromatic heterocycles. The summed E-state index contributed by atoms with van der Waals surface area (Å²) >= 11 is 12.8. The summed E-state index contributed by atoms with van der Waals surface area (Å²) < 4.78 is 28.0. The van der Waals surface area contributed by atoms with E-state index in [-0.39, 0.29) is 24.3 Å². The molecule has 0 bridgehead atoms. The smallest absolute Gasteiger partial charge is 0.232 e. The molecule has 1 saturated heterocycles. The van der Waals surface area contributed by atoms with Gasteiger partial charge in [0.1, 0.15) is 0 Å². The van der Waals surface area contributed by atoms with Crippen LogP contribution in [0.1, 0.15) is 61.3 Å². The molecule has 6 nitrogen and oxygen atoms in total. The van der Waals surface area contributed by atoms with Gasteiger partial charge in [0, 0.05) is 16.0 Å². The summed E-state index contributed by atoms with van der Waals surface area (Å²) in [6.07, 6.45) is 5.77. The first kappa shape index (κ1) is 31.1. The Morgan fingerprint density at radius 3 is 2.37 bits per heavy atom. The van der Waals surface area contributed by atoms with Crippen LogP contribution in [-0.2, 0) is 14.8 Å². The molecule has 9 heteroatoms. The fourth-order valence-corrected chi connectivity index (χ4v) is 7.78. The third-order valence-electron chi connectivity index (χ3n) is 8.73. The number of rotatable bonds is 10. The van der Waals surface area contributed by atoms with Gasteiger partial charge in [-0.2, -0.15) is 5.26 Å². The topological polar surface area (TPSA) is 81.5 Å². The number of hydrogen-bond acceptors (Lipinski definition) is 4. The summed E-state index contributed by atoms with van der Waals surface area (Å²) in [6, 6.07) is 23.2. The quantitative estimate of drug-likeness (QED) is 0.213. The number of anilines is 1. The first-order valence-corrected chi connectivity index (χ1v) is 17.0. The summed E-state index contributed by atoms with van der Waals surface area (Å²) in [5, 5.41) is 10.7. The highest BCUT2D eigenvalue weighted by Crippen LogP contribution is 2.54. The van der Waals surface area contributed by atoms with Crippen LogP contribution in [0.3, 0.4) is 0 Å². The van der Waals surface area contributed by atoms with Crippen LogP contribution in [0, 0.1) is 22.7 Å². The Morgan fingerprint density at radius 2 is 1.77 bits per heavy atom. The zero-order valence-corrected chi connectivity index (χ0v) is 26.6. The molecule has 2 aliphatic rings. The number of likely N-dealkylation sites (tertiary alicyclic amines) is 1. The Labute approximate surface area is 264 Å². The van der Waals surface area contributed by atoms with E-state index in [4.69, 9.17) is 23.2 Å². The maximum absolute atomic E-state index is 14.8. The first-order valence-electron chi connectivity index (χ1n) is 14.4. The molecule has 3 aromatic carbocycles. The van der Waals surface area contributed by atoms with Gasteiger partial charge in [0.2, 0.25) is 15.9 Å². The average molecular weight is 637 g/mol. The molecule has 0 radical (unpaired) electrons. The summed E-state index contributed by atoms with van der Waals surface area (Å²) in [4.78, 5) is 16.8. The third kappa shape index (κ3) is 6.62. The predicted molar refractivity (Wildman–Crippen MR) is 173 cm³/mol. The molecular weight excluding hydrogens is 601 g/mol. The number of allylic oxidation sites excluding steroid dienone is 1. The molecule has 1 amide bonds. The summed E-state index contributed by atoms with van der Waals surface area (Å²) in [7, 11) is -3.76. The standard InChI is InChI=1S/C34H35Cl2N3O3S/c1-4-17-34(2)20-30(26-8-6-9-28(36)19-26)32(25-13-15-27(35)16-14-25)39(33(34)40)31(24-11-12-24)22-38(43(3,41)42)29-10-5-7-23(18-29)21-37/h4-10,13-16,18-19,24,30-32H,1,11-12,17,20,22H2,2-3H3/t30-,31-,32-,34+/m1/s1. The zero-order chi connectivity index (χ0) is 30.9. The largest absolute Gasteiger partial charge is 0.329 e. The lowest BCUT2D eigenvalue weighted by molar-refractivity contribution is -0.154. The molecule has 1 aliphatic heterocycles. The third-order valence-corrected chi connectivity index (χ3v) is 10.4. The van der Waals surface area contributed by atoms with Crippen molar-refractivity contribution in [1.82, 2.24) is 4.90 Å². The molecule has 0 spiro atoms. The van der Waals surface area contributed by atoms with Gasteiger partial charge in [-0.3, -0.25) is 9.10 Å². The van der Waals surface area contributed by atoms with Crippen LogP contribution in [0.5, 0.6) is 0 Å². The molecule has 0 unspecified atom stereocenters. The Morgan fingerprint density at radius 1 is 1.07 bits per heavy atom. The highest BCUT2D eigenvalue weighted by molar-refractivity contribution is 7.92. The number of nitrogens with zero attached hydrogens (tertiary/aromatic N) is 3. The molecule has 43 heavy (non-hydrogen) atoms. The molecular formula is C34H35Cl2N3O3S. The summed E-state index contributed by atoms with van der Waals surface area (Å²) in [6.45, 7) is 6.02. The molecule has 1 saturated carbocycles. The fraction of sp³-hybridized carbons (Fsp3) is 0.353. The van der Waals surface area contributed by atoms with Crippen molar-refractivity contribution < 1.29 is 13.2 Å². The van der Waals surface area contributed by atoms with E-state index >= 15 is 0 Å². The Kier molecular flexibility index (Phi) is 8.94. The Balaban J connectivity index is 1.70. The van der Waals surface area contributed by atoms with Crippen molar-refractivity contribution >= 4 is 44.8 Å². The van der Waals surface area contributed by atoms with E-state index in [0.29, 0.717) is 34.1 Å². The normalized spacial score (nSPS) is 23.0. The van der Waals surface area contributed by atoms with E-state index in [9.17, 15) is 18.5 Å². The van der Waals surface area contributed by atoms with Crippen LogP contribution in [0.15, 0.2) is 85.5 Å². The Hall–Kier alpha value is -3.31. The van der Waals surface area contributed by atoms with Gasteiger partial charge >= 0.3 is 0 Å². The van der Waals surface area contributed by atoms with Gasteiger partial charge in [0.05, 0.1) is 47.6 Å². The fourth-order valence-electron chi connectivity index (χ4n) is 6.53. The number of hydrogen-bond donors (Lipinski definition) is 0. The van der Waals surface area contributed by atoms with Crippen molar-refractivity contribution in [3.8, 4) is 6.07 Å². The van der Waals surface area contributed by atoms with Gasteiger partial charge in [0.25, 0.3) is 0 Å². The molecule has 3 aromatic rings. The van der Waals surface area contributed by atoms with Crippen molar-refractivity contribution in [2.75, 3.05) is 17.1 Å². The number of carbonyl (C=O) groups is 1. The molecule has 5 rings (SSSR count). The molecule has 1 aliphatic carbocycles. The van der Waals surface area contributed by atoms with Gasteiger partial charge in [-0.05, 0) is 85.2 Å². The maximum atomic E-state index is 14.8. The van der Waals surface area contributed by atoms with Crippen molar-refractivity contribution in [3.63, 3.8) is 0 Å². The molecule has 224 valence electrons. The van der Waals surface area contributed by atoms with Crippen LogP contribution in [0.4, 0.5) is 5.69 Å². The van der Waals surface area contributed by atoms with Gasteiger partial charge in [-0.1, -0.05) is 66.5 Å². The summed E-state index contributed by atoms with van der Waals surface area (Å²) in [5.74, 6) is -0.0348. The van der Waals surface area contributed by atoms with Crippen molar-refractivity contribution in [3.05, 3.63) is 112 Å². The second-order valence-corrected chi connectivity index (χ2v) is 14.8. The first-order chi connectivity index (χ1) is 20.4. The highest BCUT2D eigenvalue weighted by Gasteiger charge is 2.54.